The SMILES string of the molecule is CC1=N[B]CC1. The minimum absolute atomic E-state index is 1.16. The first-order valence-corrected chi connectivity index (χ1v) is 2.24. The maximum absolute atomic E-state index is 4.03. The third kappa shape index (κ3) is 0.616. The minimum Gasteiger partial charge on any atom is -0.357 e. The largest absolute Gasteiger partial charge is 0.357 e. The molecule has 0 unspecified atom stereocenters. The zero-order chi connectivity index (χ0) is 4.41. The van der Waals surface area contributed by atoms with E-state index in [0.29, 0.717) is 0 Å². The highest BCUT2D eigenvalue weighted by atomic mass is 14.6. The van der Waals surface area contributed by atoms with E-state index < -0.39 is 0 Å². The van der Waals surface area contributed by atoms with E-state index in [4.69, 9.17) is 0 Å². The monoisotopic (exact) mass is 80.1 g/mol. The molecule has 0 saturated carbocycles. The maximum Gasteiger partial charge on any atom is 0.275 e. The van der Waals surface area contributed by atoms with Crippen molar-refractivity contribution >= 4 is 13.1 Å². The summed E-state index contributed by atoms with van der Waals surface area (Å²) in [6, 6.07) is 0. The molecule has 0 aromatic carbocycles. The molecule has 1 aliphatic heterocycles. The van der Waals surface area contributed by atoms with Crippen molar-refractivity contribution in [3.8, 4) is 0 Å². The number of nitrogens with zero attached hydrogens (tertiary/aromatic N) is 1. The zero-order valence-corrected chi connectivity index (χ0v) is 3.94. The molecule has 0 saturated heterocycles. The van der Waals surface area contributed by atoms with Gasteiger partial charge in [-0.15, -0.1) is 0 Å². The summed E-state index contributed by atoms with van der Waals surface area (Å²) in [6.07, 6.45) is 2.34. The van der Waals surface area contributed by atoms with Crippen LogP contribution < -0.4 is 0 Å². The van der Waals surface area contributed by atoms with Gasteiger partial charge in [0, 0.05) is 0 Å². The van der Waals surface area contributed by atoms with E-state index in [1.165, 1.54) is 12.1 Å². The average Bonchev–Trinajstić information content (AvgIpc) is 1.86. The van der Waals surface area contributed by atoms with Gasteiger partial charge in [-0.3, -0.25) is 0 Å². The second-order valence-corrected chi connectivity index (χ2v) is 1.59. The van der Waals surface area contributed by atoms with Crippen LogP contribution in [0.2, 0.25) is 6.32 Å². The van der Waals surface area contributed by atoms with Gasteiger partial charge in [-0.1, -0.05) is 6.32 Å². The van der Waals surface area contributed by atoms with E-state index in [2.05, 4.69) is 11.8 Å². The first-order valence-electron chi connectivity index (χ1n) is 2.24. The maximum atomic E-state index is 4.03. The highest BCUT2D eigenvalue weighted by Gasteiger charge is 1.99. The van der Waals surface area contributed by atoms with Crippen molar-refractivity contribution in [3.05, 3.63) is 0 Å². The summed E-state index contributed by atoms with van der Waals surface area (Å²) in [7, 11) is 1.97. The Morgan fingerprint density at radius 1 is 1.83 bits per heavy atom. The molecule has 0 fully saturated rings. The van der Waals surface area contributed by atoms with Gasteiger partial charge in [0.1, 0.15) is 0 Å². The molecule has 0 aromatic rings. The third-order valence-corrected chi connectivity index (χ3v) is 0.947. The van der Waals surface area contributed by atoms with Crippen molar-refractivity contribution in [1.82, 2.24) is 0 Å². The predicted molar refractivity (Wildman–Crippen MR) is 28.3 cm³/mol. The number of hydrogen-bond acceptors (Lipinski definition) is 1. The molecule has 2 heteroatoms. The summed E-state index contributed by atoms with van der Waals surface area (Å²) in [6.45, 7) is 2.06. The Balaban J connectivity index is 2.45. The van der Waals surface area contributed by atoms with Gasteiger partial charge < -0.3 is 4.90 Å². The average molecular weight is 79.9 g/mol. The van der Waals surface area contributed by atoms with Gasteiger partial charge in [-0.2, -0.15) is 0 Å². The molecule has 0 aromatic heterocycles. The normalized spacial score (nSPS) is 19.8. The molecule has 1 heterocycles. The van der Waals surface area contributed by atoms with Gasteiger partial charge in [0.2, 0.25) is 0 Å². The lowest BCUT2D eigenvalue weighted by molar-refractivity contribution is 1.30. The third-order valence-electron chi connectivity index (χ3n) is 0.947. The smallest absolute Gasteiger partial charge is 0.275 e. The fourth-order valence-electron chi connectivity index (χ4n) is 0.558. The van der Waals surface area contributed by atoms with Crippen LogP contribution >= 0.6 is 0 Å². The molecule has 1 aliphatic rings. The summed E-state index contributed by atoms with van der Waals surface area (Å²) in [5.41, 5.74) is 1.27. The van der Waals surface area contributed by atoms with E-state index in [0.717, 1.165) is 6.32 Å². The fourth-order valence-corrected chi connectivity index (χ4v) is 0.558. The van der Waals surface area contributed by atoms with Gasteiger partial charge in [0.15, 0.2) is 0 Å². The topological polar surface area (TPSA) is 12.4 Å². The van der Waals surface area contributed by atoms with Gasteiger partial charge in [-0.25, -0.2) is 0 Å². The van der Waals surface area contributed by atoms with E-state index in [1.54, 1.807) is 0 Å². The molecule has 1 nitrogen and oxygen atoms in total. The lowest BCUT2D eigenvalue weighted by atomic mass is 9.93. The van der Waals surface area contributed by atoms with Crippen molar-refractivity contribution in [2.45, 2.75) is 19.7 Å². The van der Waals surface area contributed by atoms with Crippen LogP contribution in [0.4, 0.5) is 0 Å². The number of rotatable bonds is 0. The van der Waals surface area contributed by atoms with Gasteiger partial charge in [0.05, 0.1) is 0 Å². The van der Waals surface area contributed by atoms with Crippen LogP contribution in [-0.2, 0) is 0 Å². The summed E-state index contributed by atoms with van der Waals surface area (Å²) >= 11 is 0. The summed E-state index contributed by atoms with van der Waals surface area (Å²) in [5.74, 6) is 0. The van der Waals surface area contributed by atoms with Crippen LogP contribution in [0.25, 0.3) is 0 Å². The lowest BCUT2D eigenvalue weighted by Crippen LogP contribution is -1.77. The molecule has 31 valence electrons. The Morgan fingerprint density at radius 3 is 2.83 bits per heavy atom. The molecule has 1 rings (SSSR count). The van der Waals surface area contributed by atoms with E-state index in [1.807, 2.05) is 7.41 Å². The second kappa shape index (κ2) is 1.46. The van der Waals surface area contributed by atoms with Gasteiger partial charge in [-0.05, 0) is 19.1 Å². The quantitative estimate of drug-likeness (QED) is 0.383. The predicted octanol–water partition coefficient (Wildman–Crippen LogP) is 0.888. The van der Waals surface area contributed by atoms with Crippen LogP contribution in [0.15, 0.2) is 4.90 Å². The summed E-state index contributed by atoms with van der Waals surface area (Å²) < 4.78 is 0. The Kier molecular flexibility index (Phi) is 0.949. The van der Waals surface area contributed by atoms with Gasteiger partial charge >= 0.3 is 0 Å². The van der Waals surface area contributed by atoms with Gasteiger partial charge in [0.25, 0.3) is 7.41 Å². The Morgan fingerprint density at radius 2 is 2.67 bits per heavy atom. The molecular weight excluding hydrogens is 72.9 g/mol. The molecule has 1 radical (unpaired) electrons. The molecular formula is C4H7BN. The molecule has 0 amide bonds. The molecule has 0 atom stereocenters. The molecule has 6 heavy (non-hydrogen) atoms. The Labute approximate surface area is 38.7 Å². The van der Waals surface area contributed by atoms with Crippen molar-refractivity contribution < 1.29 is 0 Å². The van der Waals surface area contributed by atoms with E-state index >= 15 is 0 Å². The standard InChI is InChI=1S/C4H7BN/c1-4-2-3-5-6-4/h2-3H2,1H3. The first-order chi connectivity index (χ1) is 2.89. The number of hydrogen-bond donors (Lipinski definition) is 0. The first kappa shape index (κ1) is 3.91. The van der Waals surface area contributed by atoms with Crippen molar-refractivity contribution in [2.24, 2.45) is 4.90 Å². The van der Waals surface area contributed by atoms with E-state index in [-0.39, 0.29) is 0 Å². The highest BCUT2D eigenvalue weighted by molar-refractivity contribution is 6.39. The molecule has 0 aliphatic carbocycles. The van der Waals surface area contributed by atoms with Crippen LogP contribution in [0.1, 0.15) is 13.3 Å². The Hall–Kier alpha value is -0.265. The Bertz CT molecular complexity index is 77.6. The summed E-state index contributed by atoms with van der Waals surface area (Å²) in [5, 5.41) is 0. The highest BCUT2D eigenvalue weighted by Crippen LogP contribution is 2.00. The van der Waals surface area contributed by atoms with Crippen LogP contribution in [0.3, 0.4) is 0 Å². The van der Waals surface area contributed by atoms with Crippen molar-refractivity contribution in [2.75, 3.05) is 0 Å². The summed E-state index contributed by atoms with van der Waals surface area (Å²) in [4.78, 5) is 4.03. The second-order valence-electron chi connectivity index (χ2n) is 1.59. The van der Waals surface area contributed by atoms with E-state index in [9.17, 15) is 0 Å². The minimum atomic E-state index is 1.16. The molecule has 0 bridgehead atoms. The van der Waals surface area contributed by atoms with Crippen LogP contribution in [-0.4, -0.2) is 13.1 Å². The lowest BCUT2D eigenvalue weighted by Gasteiger charge is -1.78. The van der Waals surface area contributed by atoms with Crippen molar-refractivity contribution in [3.63, 3.8) is 0 Å². The molecule has 0 spiro atoms. The van der Waals surface area contributed by atoms with Crippen LogP contribution in [0, 0.1) is 0 Å². The van der Waals surface area contributed by atoms with Crippen LogP contribution in [0.5, 0.6) is 0 Å². The molecule has 0 N–H and O–H groups in total. The van der Waals surface area contributed by atoms with Crippen molar-refractivity contribution in [1.29, 1.82) is 0 Å². The fraction of sp³-hybridized carbons (Fsp3) is 0.750. The zero-order valence-electron chi connectivity index (χ0n) is 3.94.